The smallest absolute Gasteiger partial charge is 0.253 e. The molecule has 3 heterocycles. The SMILES string of the molecule is Fc1nc(F)c(F)c(N2CCC(N3CCCC3)C2)c1F. The molecule has 0 N–H and O–H groups in total. The Hall–Kier alpha value is -1.37. The maximum absolute atomic E-state index is 13.7. The standard InChI is InChI=1S/C13H15F4N3/c14-9-11(10(15)13(17)18-12(9)16)20-6-3-8(7-20)19-4-1-2-5-19/h8H,1-7H2. The van der Waals surface area contributed by atoms with Crippen molar-refractivity contribution in [3.63, 3.8) is 0 Å². The Morgan fingerprint density at radius 3 is 2.10 bits per heavy atom. The first kappa shape index (κ1) is 13.6. The number of aromatic nitrogens is 1. The van der Waals surface area contributed by atoms with Crippen LogP contribution in [0.1, 0.15) is 19.3 Å². The predicted octanol–water partition coefficient (Wildman–Crippen LogP) is 2.31. The second kappa shape index (κ2) is 5.20. The molecular formula is C13H15F4N3. The molecule has 2 fully saturated rings. The molecule has 2 saturated heterocycles. The van der Waals surface area contributed by atoms with Crippen LogP contribution in [0.4, 0.5) is 23.2 Å². The van der Waals surface area contributed by atoms with Crippen molar-refractivity contribution in [2.75, 3.05) is 31.1 Å². The second-order valence-corrected chi connectivity index (χ2v) is 5.30. The predicted molar refractivity (Wildman–Crippen MR) is 65.5 cm³/mol. The van der Waals surface area contributed by atoms with Crippen LogP contribution >= 0.6 is 0 Å². The molecule has 3 rings (SSSR count). The van der Waals surface area contributed by atoms with Crippen LogP contribution in [-0.2, 0) is 0 Å². The van der Waals surface area contributed by atoms with Crippen LogP contribution < -0.4 is 4.90 Å². The molecule has 1 aromatic heterocycles. The summed E-state index contributed by atoms with van der Waals surface area (Å²) >= 11 is 0. The Kier molecular flexibility index (Phi) is 3.54. The molecule has 0 amide bonds. The van der Waals surface area contributed by atoms with Crippen molar-refractivity contribution in [1.82, 2.24) is 9.88 Å². The van der Waals surface area contributed by atoms with Gasteiger partial charge in [0.05, 0.1) is 0 Å². The highest BCUT2D eigenvalue weighted by Crippen LogP contribution is 2.31. The summed E-state index contributed by atoms with van der Waals surface area (Å²) in [5.41, 5.74) is -0.628. The first-order valence-electron chi connectivity index (χ1n) is 6.77. The number of pyridine rings is 1. The molecule has 20 heavy (non-hydrogen) atoms. The third-order valence-corrected chi connectivity index (χ3v) is 4.11. The van der Waals surface area contributed by atoms with E-state index in [0.29, 0.717) is 13.1 Å². The Bertz CT molecular complexity index is 491. The first-order chi connectivity index (χ1) is 9.58. The van der Waals surface area contributed by atoms with Crippen molar-refractivity contribution in [2.45, 2.75) is 25.3 Å². The van der Waals surface area contributed by atoms with Gasteiger partial charge in [0.2, 0.25) is 11.6 Å². The van der Waals surface area contributed by atoms with Gasteiger partial charge >= 0.3 is 0 Å². The van der Waals surface area contributed by atoms with Crippen molar-refractivity contribution in [1.29, 1.82) is 0 Å². The number of anilines is 1. The summed E-state index contributed by atoms with van der Waals surface area (Å²) in [6, 6.07) is 0.190. The van der Waals surface area contributed by atoms with Gasteiger partial charge in [-0.1, -0.05) is 0 Å². The fourth-order valence-corrected chi connectivity index (χ4v) is 3.10. The Morgan fingerprint density at radius 2 is 1.50 bits per heavy atom. The molecule has 0 aliphatic carbocycles. The molecule has 0 bridgehead atoms. The summed E-state index contributed by atoms with van der Waals surface area (Å²) in [5, 5.41) is 0. The van der Waals surface area contributed by atoms with Gasteiger partial charge in [0.25, 0.3) is 11.9 Å². The van der Waals surface area contributed by atoms with Gasteiger partial charge in [-0.15, -0.1) is 0 Å². The first-order valence-corrected chi connectivity index (χ1v) is 6.77. The Morgan fingerprint density at radius 1 is 0.900 bits per heavy atom. The average Bonchev–Trinajstić information content (AvgIpc) is 3.07. The molecule has 0 spiro atoms. The summed E-state index contributed by atoms with van der Waals surface area (Å²) in [6.45, 7) is 2.72. The van der Waals surface area contributed by atoms with E-state index in [2.05, 4.69) is 9.88 Å². The van der Waals surface area contributed by atoms with Crippen LogP contribution in [0, 0.1) is 23.5 Å². The van der Waals surface area contributed by atoms with Crippen LogP contribution in [0.5, 0.6) is 0 Å². The summed E-state index contributed by atoms with van der Waals surface area (Å²) in [7, 11) is 0. The van der Waals surface area contributed by atoms with Crippen molar-refractivity contribution >= 4 is 5.69 Å². The summed E-state index contributed by atoms with van der Waals surface area (Å²) in [6.07, 6.45) is 2.99. The van der Waals surface area contributed by atoms with E-state index in [0.717, 1.165) is 32.4 Å². The zero-order chi connectivity index (χ0) is 14.3. The molecule has 7 heteroatoms. The molecule has 110 valence electrons. The lowest BCUT2D eigenvalue weighted by Gasteiger charge is -2.24. The minimum Gasteiger partial charge on any atom is -0.365 e. The van der Waals surface area contributed by atoms with Gasteiger partial charge in [-0.2, -0.15) is 22.5 Å². The average molecular weight is 289 g/mol. The Labute approximate surface area is 114 Å². The van der Waals surface area contributed by atoms with Gasteiger partial charge in [0, 0.05) is 19.1 Å². The van der Waals surface area contributed by atoms with Gasteiger partial charge in [0.1, 0.15) is 5.69 Å². The zero-order valence-electron chi connectivity index (χ0n) is 10.9. The third kappa shape index (κ3) is 2.24. The van der Waals surface area contributed by atoms with Crippen LogP contribution in [0.15, 0.2) is 0 Å². The van der Waals surface area contributed by atoms with E-state index in [1.807, 2.05) is 0 Å². The maximum atomic E-state index is 13.7. The molecule has 1 aromatic rings. The maximum Gasteiger partial charge on any atom is 0.253 e. The van der Waals surface area contributed by atoms with Gasteiger partial charge in [-0.3, -0.25) is 4.90 Å². The topological polar surface area (TPSA) is 19.4 Å². The largest absolute Gasteiger partial charge is 0.365 e. The van der Waals surface area contributed by atoms with Gasteiger partial charge in [0.15, 0.2) is 0 Å². The molecule has 1 atom stereocenters. The number of rotatable bonds is 2. The molecule has 1 unspecified atom stereocenters. The molecule has 3 nitrogen and oxygen atoms in total. The van der Waals surface area contributed by atoms with Crippen LogP contribution in [0.3, 0.4) is 0 Å². The molecule has 2 aliphatic heterocycles. The van der Waals surface area contributed by atoms with E-state index in [-0.39, 0.29) is 6.04 Å². The summed E-state index contributed by atoms with van der Waals surface area (Å²) < 4.78 is 53.7. The number of hydrogen-bond acceptors (Lipinski definition) is 3. The second-order valence-electron chi connectivity index (χ2n) is 5.30. The lowest BCUT2D eigenvalue weighted by atomic mass is 10.2. The lowest BCUT2D eigenvalue weighted by Crippen LogP contribution is -2.35. The minimum absolute atomic E-state index is 0.190. The molecule has 0 saturated carbocycles. The highest BCUT2D eigenvalue weighted by molar-refractivity contribution is 5.49. The number of likely N-dealkylation sites (tertiary alicyclic amines) is 1. The van der Waals surface area contributed by atoms with Gasteiger partial charge in [-0.25, -0.2) is 0 Å². The van der Waals surface area contributed by atoms with Crippen LogP contribution in [-0.4, -0.2) is 42.1 Å². The molecule has 0 radical (unpaired) electrons. The van der Waals surface area contributed by atoms with Gasteiger partial charge < -0.3 is 4.90 Å². The fourth-order valence-electron chi connectivity index (χ4n) is 3.10. The molecule has 2 aliphatic rings. The fraction of sp³-hybridized carbons (Fsp3) is 0.615. The molecule has 0 aromatic carbocycles. The van der Waals surface area contributed by atoms with E-state index >= 15 is 0 Å². The van der Waals surface area contributed by atoms with Crippen molar-refractivity contribution < 1.29 is 17.6 Å². The monoisotopic (exact) mass is 289 g/mol. The summed E-state index contributed by atoms with van der Waals surface area (Å²) in [5.74, 6) is -6.01. The van der Waals surface area contributed by atoms with Crippen molar-refractivity contribution in [3.05, 3.63) is 23.5 Å². The summed E-state index contributed by atoms with van der Waals surface area (Å²) in [4.78, 5) is 6.22. The van der Waals surface area contributed by atoms with E-state index < -0.39 is 29.2 Å². The van der Waals surface area contributed by atoms with E-state index in [4.69, 9.17) is 0 Å². The van der Waals surface area contributed by atoms with E-state index in [1.54, 1.807) is 0 Å². The highest BCUT2D eigenvalue weighted by atomic mass is 19.2. The minimum atomic E-state index is -1.59. The third-order valence-electron chi connectivity index (χ3n) is 4.11. The normalized spacial score (nSPS) is 23.8. The number of hydrogen-bond donors (Lipinski definition) is 0. The van der Waals surface area contributed by atoms with E-state index in [9.17, 15) is 17.6 Å². The highest BCUT2D eigenvalue weighted by Gasteiger charge is 2.33. The van der Waals surface area contributed by atoms with Crippen molar-refractivity contribution in [2.24, 2.45) is 0 Å². The van der Waals surface area contributed by atoms with Gasteiger partial charge in [-0.05, 0) is 32.4 Å². The zero-order valence-corrected chi connectivity index (χ0v) is 10.9. The number of nitrogens with zero attached hydrogens (tertiary/aromatic N) is 3. The Balaban J connectivity index is 1.84. The van der Waals surface area contributed by atoms with Crippen LogP contribution in [0.2, 0.25) is 0 Å². The van der Waals surface area contributed by atoms with Crippen molar-refractivity contribution in [3.8, 4) is 0 Å². The molecular weight excluding hydrogens is 274 g/mol. The van der Waals surface area contributed by atoms with Crippen LogP contribution in [0.25, 0.3) is 0 Å². The van der Waals surface area contributed by atoms with E-state index in [1.165, 1.54) is 4.90 Å². The quantitative estimate of drug-likeness (QED) is 0.615. The lowest BCUT2D eigenvalue weighted by molar-refractivity contribution is 0.260. The number of halogens is 4.